The molecule has 0 spiro atoms. The third kappa shape index (κ3) is 2.11. The molecule has 0 saturated carbocycles. The van der Waals surface area contributed by atoms with Gasteiger partial charge in [0.2, 0.25) is 0 Å². The molecule has 0 N–H and O–H groups in total. The zero-order valence-corrected chi connectivity index (χ0v) is 10.7. The van der Waals surface area contributed by atoms with E-state index in [0.29, 0.717) is 5.33 Å². The zero-order valence-electron chi connectivity index (χ0n) is 9.15. The fourth-order valence-corrected chi connectivity index (χ4v) is 2.46. The Morgan fingerprint density at radius 3 is 3.06 bits per heavy atom. The van der Waals surface area contributed by atoms with Crippen LogP contribution in [0.25, 0.3) is 0 Å². The Morgan fingerprint density at radius 1 is 1.56 bits per heavy atom. The molecule has 16 heavy (non-hydrogen) atoms. The lowest BCUT2D eigenvalue weighted by atomic mass is 10.0. The smallest absolute Gasteiger partial charge is 0.308 e. The van der Waals surface area contributed by atoms with E-state index in [-0.39, 0.29) is 11.9 Å². The fraction of sp³-hybridized carbons (Fsp3) is 0.700. The quantitative estimate of drug-likeness (QED) is 0.608. The number of hydrogen-bond acceptors (Lipinski definition) is 4. The minimum absolute atomic E-state index is 0.00474. The summed E-state index contributed by atoms with van der Waals surface area (Å²) in [5.74, 6) is 1.79. The number of rotatable bonds is 2. The van der Waals surface area contributed by atoms with Crippen LogP contribution in [-0.2, 0) is 27.8 Å². The molecule has 6 heteroatoms. The van der Waals surface area contributed by atoms with Gasteiger partial charge in [0.1, 0.15) is 11.6 Å². The maximum Gasteiger partial charge on any atom is 0.308 e. The molecule has 0 aliphatic carbocycles. The molecule has 2 rings (SSSR count). The van der Waals surface area contributed by atoms with Crippen LogP contribution in [0.2, 0.25) is 0 Å². The first kappa shape index (κ1) is 11.6. The number of hydrogen-bond donors (Lipinski definition) is 0. The SMILES string of the molecule is COC(=O)C1CCc2nnc(CBr)n2CC1. The van der Waals surface area contributed by atoms with Gasteiger partial charge in [-0.15, -0.1) is 10.2 Å². The second kappa shape index (κ2) is 4.95. The normalized spacial score (nSPS) is 20.0. The molecule has 1 aliphatic heterocycles. The van der Waals surface area contributed by atoms with Crippen LogP contribution in [0.4, 0.5) is 0 Å². The third-order valence-corrected chi connectivity index (χ3v) is 3.48. The van der Waals surface area contributed by atoms with E-state index >= 15 is 0 Å². The van der Waals surface area contributed by atoms with Crippen LogP contribution in [0.15, 0.2) is 0 Å². The second-order valence-corrected chi connectivity index (χ2v) is 4.43. The van der Waals surface area contributed by atoms with Gasteiger partial charge < -0.3 is 9.30 Å². The number of carbonyl (C=O) groups excluding carboxylic acids is 1. The maximum absolute atomic E-state index is 11.5. The molecule has 2 heterocycles. The molecule has 1 atom stereocenters. The summed E-state index contributed by atoms with van der Waals surface area (Å²) in [4.78, 5) is 11.5. The van der Waals surface area contributed by atoms with Crippen molar-refractivity contribution in [2.75, 3.05) is 7.11 Å². The van der Waals surface area contributed by atoms with Crippen LogP contribution in [0.1, 0.15) is 24.5 Å². The van der Waals surface area contributed by atoms with E-state index in [1.807, 2.05) is 0 Å². The first-order valence-electron chi connectivity index (χ1n) is 5.31. The third-order valence-electron chi connectivity index (χ3n) is 2.98. The van der Waals surface area contributed by atoms with Crippen molar-refractivity contribution in [2.45, 2.75) is 31.1 Å². The number of aryl methyl sites for hydroxylation is 1. The number of fused-ring (bicyclic) bond motifs is 1. The summed E-state index contributed by atoms with van der Waals surface area (Å²) in [5.41, 5.74) is 0. The van der Waals surface area contributed by atoms with Gasteiger partial charge in [-0.3, -0.25) is 4.79 Å². The number of methoxy groups -OCH3 is 1. The first-order valence-corrected chi connectivity index (χ1v) is 6.43. The van der Waals surface area contributed by atoms with Gasteiger partial charge in [0, 0.05) is 13.0 Å². The minimum Gasteiger partial charge on any atom is -0.469 e. The van der Waals surface area contributed by atoms with E-state index in [1.165, 1.54) is 7.11 Å². The van der Waals surface area contributed by atoms with Gasteiger partial charge in [-0.2, -0.15) is 0 Å². The van der Waals surface area contributed by atoms with Gasteiger partial charge in [-0.1, -0.05) is 15.9 Å². The Morgan fingerprint density at radius 2 is 2.38 bits per heavy atom. The average molecular weight is 288 g/mol. The number of aromatic nitrogens is 3. The number of carbonyl (C=O) groups is 1. The fourth-order valence-electron chi connectivity index (χ4n) is 2.05. The molecule has 1 aliphatic rings. The lowest BCUT2D eigenvalue weighted by Gasteiger charge is -2.10. The average Bonchev–Trinajstić information content (AvgIpc) is 2.59. The van der Waals surface area contributed by atoms with Gasteiger partial charge in [-0.25, -0.2) is 0 Å². The number of ether oxygens (including phenoxy) is 1. The topological polar surface area (TPSA) is 57.0 Å². The van der Waals surface area contributed by atoms with Gasteiger partial charge in [-0.05, 0) is 12.8 Å². The maximum atomic E-state index is 11.5. The largest absolute Gasteiger partial charge is 0.469 e. The molecule has 1 unspecified atom stereocenters. The summed E-state index contributed by atoms with van der Waals surface area (Å²) in [5, 5.41) is 8.93. The Labute approximate surface area is 102 Å². The first-order chi connectivity index (χ1) is 7.76. The highest BCUT2D eigenvalue weighted by Gasteiger charge is 2.24. The molecule has 0 fully saturated rings. The van der Waals surface area contributed by atoms with Crippen LogP contribution in [0, 0.1) is 5.92 Å². The van der Waals surface area contributed by atoms with E-state index in [1.54, 1.807) is 0 Å². The highest BCUT2D eigenvalue weighted by atomic mass is 79.9. The van der Waals surface area contributed by atoms with Crippen LogP contribution in [-0.4, -0.2) is 27.8 Å². The lowest BCUT2D eigenvalue weighted by Crippen LogP contribution is -2.17. The van der Waals surface area contributed by atoms with Crippen LogP contribution < -0.4 is 0 Å². The Balaban J connectivity index is 2.13. The molecule has 5 nitrogen and oxygen atoms in total. The van der Waals surface area contributed by atoms with Gasteiger partial charge in [0.25, 0.3) is 0 Å². The Kier molecular flexibility index (Phi) is 3.58. The predicted octanol–water partition coefficient (Wildman–Crippen LogP) is 1.30. The second-order valence-electron chi connectivity index (χ2n) is 3.87. The molecule has 1 aromatic heterocycles. The molecular formula is C10H14BrN3O2. The summed E-state index contributed by atoms with van der Waals surface area (Å²) >= 11 is 3.38. The number of alkyl halides is 1. The van der Waals surface area contributed by atoms with Crippen molar-refractivity contribution in [1.29, 1.82) is 0 Å². The van der Waals surface area contributed by atoms with Crippen molar-refractivity contribution >= 4 is 21.9 Å². The Hall–Kier alpha value is -0.910. The van der Waals surface area contributed by atoms with Crippen molar-refractivity contribution in [3.8, 4) is 0 Å². The Bertz CT molecular complexity index is 391. The van der Waals surface area contributed by atoms with Crippen molar-refractivity contribution < 1.29 is 9.53 Å². The van der Waals surface area contributed by atoms with Crippen LogP contribution in [0.3, 0.4) is 0 Å². The predicted molar refractivity (Wildman–Crippen MR) is 61.1 cm³/mol. The van der Waals surface area contributed by atoms with E-state index in [4.69, 9.17) is 4.74 Å². The summed E-state index contributed by atoms with van der Waals surface area (Å²) in [7, 11) is 1.44. The van der Waals surface area contributed by atoms with Crippen LogP contribution >= 0.6 is 15.9 Å². The van der Waals surface area contributed by atoms with Crippen molar-refractivity contribution in [3.05, 3.63) is 11.6 Å². The van der Waals surface area contributed by atoms with E-state index in [0.717, 1.165) is 37.5 Å². The van der Waals surface area contributed by atoms with E-state index in [2.05, 4.69) is 30.7 Å². The summed E-state index contributed by atoms with van der Waals surface area (Å²) < 4.78 is 6.88. The summed E-state index contributed by atoms with van der Waals surface area (Å²) in [6, 6.07) is 0. The highest BCUT2D eigenvalue weighted by molar-refractivity contribution is 9.08. The number of esters is 1. The molecule has 0 aromatic carbocycles. The van der Waals surface area contributed by atoms with E-state index < -0.39 is 0 Å². The minimum atomic E-state index is -0.112. The van der Waals surface area contributed by atoms with Crippen molar-refractivity contribution in [3.63, 3.8) is 0 Å². The standard InChI is InChI=1S/C10H14BrN3O2/c1-16-10(15)7-2-3-8-12-13-9(6-11)14(8)5-4-7/h7H,2-6H2,1H3. The van der Waals surface area contributed by atoms with Gasteiger partial charge >= 0.3 is 5.97 Å². The lowest BCUT2D eigenvalue weighted by molar-refractivity contribution is -0.145. The number of nitrogens with zero attached hydrogens (tertiary/aromatic N) is 3. The summed E-state index contributed by atoms with van der Waals surface area (Å²) in [6.45, 7) is 0.795. The van der Waals surface area contributed by atoms with Crippen LogP contribution in [0.5, 0.6) is 0 Å². The molecule has 0 amide bonds. The van der Waals surface area contributed by atoms with Crippen molar-refractivity contribution in [2.24, 2.45) is 5.92 Å². The van der Waals surface area contributed by atoms with Gasteiger partial charge in [0.15, 0.2) is 0 Å². The van der Waals surface area contributed by atoms with Crippen molar-refractivity contribution in [1.82, 2.24) is 14.8 Å². The monoisotopic (exact) mass is 287 g/mol. The van der Waals surface area contributed by atoms with Gasteiger partial charge in [0.05, 0.1) is 18.4 Å². The molecule has 88 valence electrons. The number of halogens is 1. The summed E-state index contributed by atoms with van der Waals surface area (Å²) in [6.07, 6.45) is 2.39. The van der Waals surface area contributed by atoms with E-state index in [9.17, 15) is 4.79 Å². The highest BCUT2D eigenvalue weighted by Crippen LogP contribution is 2.21. The molecule has 0 radical (unpaired) electrons. The molecule has 0 bridgehead atoms. The molecule has 0 saturated heterocycles. The molecule has 1 aromatic rings. The molecular weight excluding hydrogens is 274 g/mol. The zero-order chi connectivity index (χ0) is 11.5.